The van der Waals surface area contributed by atoms with Gasteiger partial charge in [0.1, 0.15) is 18.3 Å². The van der Waals surface area contributed by atoms with Crippen molar-refractivity contribution in [3.8, 4) is 0 Å². The number of nitrogens with zero attached hydrogens (tertiary/aromatic N) is 4. The van der Waals surface area contributed by atoms with Gasteiger partial charge in [-0.25, -0.2) is 19.2 Å². The molecule has 1 fully saturated rings. The molecule has 3 rings (SSSR count). The molecule has 1 aliphatic heterocycles. The molecule has 0 spiro atoms. The molecule has 0 bridgehead atoms. The zero-order chi connectivity index (χ0) is 16.1. The van der Waals surface area contributed by atoms with Crippen LogP contribution in [-0.2, 0) is 6.54 Å². The smallest absolute Gasteiger partial charge is 0.320 e. The number of carbonyl (C=O) groups is 1. The maximum Gasteiger partial charge on any atom is 0.320 e. The van der Waals surface area contributed by atoms with Crippen molar-refractivity contribution in [1.82, 2.24) is 25.3 Å². The fourth-order valence-corrected chi connectivity index (χ4v) is 2.57. The van der Waals surface area contributed by atoms with E-state index in [1.807, 2.05) is 4.90 Å². The van der Waals surface area contributed by atoms with Crippen molar-refractivity contribution in [2.45, 2.75) is 25.2 Å². The van der Waals surface area contributed by atoms with Gasteiger partial charge in [-0.2, -0.15) is 0 Å². The number of aromatic nitrogens is 3. The van der Waals surface area contributed by atoms with Crippen LogP contribution in [-0.4, -0.2) is 51.4 Å². The Balaban J connectivity index is 1.52. The van der Waals surface area contributed by atoms with E-state index in [1.54, 1.807) is 18.5 Å². The highest BCUT2D eigenvalue weighted by molar-refractivity contribution is 5.87. The maximum atomic E-state index is 13.7. The molecule has 0 aliphatic carbocycles. The SMILES string of the molecule is O=C(NC[C@@H]1C[C@H](F)CN1Cc1ncccn1)Nc1ccon1. The lowest BCUT2D eigenvalue weighted by molar-refractivity contribution is 0.220. The van der Waals surface area contributed by atoms with Crippen LogP contribution in [0.1, 0.15) is 12.2 Å². The molecule has 0 unspecified atom stereocenters. The van der Waals surface area contributed by atoms with Gasteiger partial charge >= 0.3 is 6.03 Å². The zero-order valence-corrected chi connectivity index (χ0v) is 12.4. The summed E-state index contributed by atoms with van der Waals surface area (Å²) in [7, 11) is 0. The summed E-state index contributed by atoms with van der Waals surface area (Å²) in [5.74, 6) is 0.963. The van der Waals surface area contributed by atoms with E-state index in [9.17, 15) is 9.18 Å². The molecule has 2 atom stereocenters. The Morgan fingerprint density at radius 3 is 3.00 bits per heavy atom. The van der Waals surface area contributed by atoms with Crippen molar-refractivity contribution in [3.05, 3.63) is 36.6 Å². The fraction of sp³-hybridized carbons (Fsp3) is 0.429. The van der Waals surface area contributed by atoms with Crippen LogP contribution in [0.15, 0.2) is 35.3 Å². The number of nitrogens with one attached hydrogen (secondary N) is 2. The van der Waals surface area contributed by atoms with Gasteiger partial charge in [0.2, 0.25) is 0 Å². The Morgan fingerprint density at radius 2 is 2.26 bits per heavy atom. The first-order chi connectivity index (χ1) is 11.2. The number of alkyl halides is 1. The number of halogens is 1. The summed E-state index contributed by atoms with van der Waals surface area (Å²) in [4.78, 5) is 22.0. The van der Waals surface area contributed by atoms with Crippen molar-refractivity contribution >= 4 is 11.8 Å². The fourth-order valence-electron chi connectivity index (χ4n) is 2.57. The van der Waals surface area contributed by atoms with Crippen molar-refractivity contribution in [3.63, 3.8) is 0 Å². The van der Waals surface area contributed by atoms with Crippen LogP contribution in [0.4, 0.5) is 15.0 Å². The Hall–Kier alpha value is -2.55. The zero-order valence-electron chi connectivity index (χ0n) is 12.4. The third-order valence-corrected chi connectivity index (χ3v) is 3.62. The Labute approximate surface area is 132 Å². The highest BCUT2D eigenvalue weighted by Crippen LogP contribution is 2.21. The highest BCUT2D eigenvalue weighted by atomic mass is 19.1. The van der Waals surface area contributed by atoms with Gasteiger partial charge in [-0.3, -0.25) is 10.2 Å². The Morgan fingerprint density at radius 1 is 1.43 bits per heavy atom. The van der Waals surface area contributed by atoms with Gasteiger partial charge in [-0.15, -0.1) is 0 Å². The maximum absolute atomic E-state index is 13.7. The first-order valence-electron chi connectivity index (χ1n) is 7.30. The van der Waals surface area contributed by atoms with Crippen molar-refractivity contribution < 1.29 is 13.7 Å². The molecule has 2 amide bonds. The molecule has 0 radical (unpaired) electrons. The van der Waals surface area contributed by atoms with Gasteiger partial charge in [-0.1, -0.05) is 5.16 Å². The molecule has 0 saturated carbocycles. The topological polar surface area (TPSA) is 96.2 Å². The number of amides is 2. The van der Waals surface area contributed by atoms with Gasteiger partial charge in [0.15, 0.2) is 5.82 Å². The molecule has 2 N–H and O–H groups in total. The summed E-state index contributed by atoms with van der Waals surface area (Å²) >= 11 is 0. The lowest BCUT2D eigenvalue weighted by Gasteiger charge is -2.23. The molecule has 23 heavy (non-hydrogen) atoms. The predicted molar refractivity (Wildman–Crippen MR) is 79.3 cm³/mol. The average molecular weight is 320 g/mol. The second-order valence-electron chi connectivity index (χ2n) is 5.30. The highest BCUT2D eigenvalue weighted by Gasteiger charge is 2.32. The number of urea groups is 1. The molecular weight excluding hydrogens is 303 g/mol. The van der Waals surface area contributed by atoms with E-state index in [-0.39, 0.29) is 6.04 Å². The molecular formula is C14H17FN6O2. The largest absolute Gasteiger partial charge is 0.363 e. The van der Waals surface area contributed by atoms with E-state index < -0.39 is 12.2 Å². The summed E-state index contributed by atoms with van der Waals surface area (Å²) in [5.41, 5.74) is 0. The minimum atomic E-state index is -0.913. The van der Waals surface area contributed by atoms with Crippen LogP contribution < -0.4 is 10.6 Å². The van der Waals surface area contributed by atoms with Gasteiger partial charge in [-0.05, 0) is 12.5 Å². The monoisotopic (exact) mass is 320 g/mol. The van der Waals surface area contributed by atoms with Crippen LogP contribution >= 0.6 is 0 Å². The van der Waals surface area contributed by atoms with E-state index in [4.69, 9.17) is 0 Å². The second kappa shape index (κ2) is 7.14. The van der Waals surface area contributed by atoms with Gasteiger partial charge in [0, 0.05) is 37.6 Å². The van der Waals surface area contributed by atoms with Crippen LogP contribution in [0.3, 0.4) is 0 Å². The summed E-state index contributed by atoms with van der Waals surface area (Å²) < 4.78 is 18.3. The number of hydrogen-bond acceptors (Lipinski definition) is 6. The second-order valence-corrected chi connectivity index (χ2v) is 5.30. The predicted octanol–water partition coefficient (Wildman–Crippen LogP) is 1.20. The van der Waals surface area contributed by atoms with Crippen LogP contribution in [0.25, 0.3) is 0 Å². The lowest BCUT2D eigenvalue weighted by Crippen LogP contribution is -2.41. The lowest BCUT2D eigenvalue weighted by atomic mass is 10.2. The van der Waals surface area contributed by atoms with E-state index >= 15 is 0 Å². The van der Waals surface area contributed by atoms with Crippen molar-refractivity contribution in [1.29, 1.82) is 0 Å². The average Bonchev–Trinajstić information content (AvgIpc) is 3.16. The third kappa shape index (κ3) is 4.22. The molecule has 2 aromatic heterocycles. The van der Waals surface area contributed by atoms with Gasteiger partial charge < -0.3 is 9.84 Å². The minimum Gasteiger partial charge on any atom is -0.363 e. The van der Waals surface area contributed by atoms with Gasteiger partial charge in [0.05, 0.1) is 6.54 Å². The molecule has 2 aromatic rings. The Bertz CT molecular complexity index is 623. The van der Waals surface area contributed by atoms with Crippen LogP contribution in [0, 0.1) is 0 Å². The standard InChI is InChI=1S/C14H17FN6O2/c15-10-6-11(7-18-14(22)19-12-2-5-23-20-12)21(8-10)9-13-16-3-1-4-17-13/h1-5,10-11H,6-9H2,(H2,18,19,20,22)/t10-,11-/m0/s1. The molecule has 0 aromatic carbocycles. The Kier molecular flexibility index (Phi) is 4.77. The first-order valence-corrected chi connectivity index (χ1v) is 7.30. The molecule has 1 aliphatic rings. The quantitative estimate of drug-likeness (QED) is 0.859. The summed E-state index contributed by atoms with van der Waals surface area (Å²) in [6.07, 6.45) is 4.14. The van der Waals surface area contributed by atoms with Crippen molar-refractivity contribution in [2.75, 3.05) is 18.4 Å². The van der Waals surface area contributed by atoms with E-state index in [2.05, 4.69) is 30.3 Å². The normalized spacial score (nSPS) is 21.3. The molecule has 9 heteroatoms. The molecule has 8 nitrogen and oxygen atoms in total. The number of hydrogen-bond donors (Lipinski definition) is 2. The number of rotatable bonds is 5. The summed E-state index contributed by atoms with van der Waals surface area (Å²) in [6, 6.07) is 2.76. The minimum absolute atomic E-state index is 0.100. The number of anilines is 1. The first kappa shape index (κ1) is 15.3. The summed E-state index contributed by atoms with van der Waals surface area (Å²) in [5, 5.41) is 8.83. The third-order valence-electron chi connectivity index (χ3n) is 3.62. The molecule has 122 valence electrons. The van der Waals surface area contributed by atoms with E-state index in [1.165, 1.54) is 12.3 Å². The number of carbonyl (C=O) groups excluding carboxylic acids is 1. The van der Waals surface area contributed by atoms with E-state index in [0.717, 1.165) is 0 Å². The van der Waals surface area contributed by atoms with Crippen LogP contribution in [0.5, 0.6) is 0 Å². The number of likely N-dealkylation sites (tertiary alicyclic amines) is 1. The molecule has 1 saturated heterocycles. The molecule has 3 heterocycles. The summed E-state index contributed by atoms with van der Waals surface area (Å²) in [6.45, 7) is 1.10. The van der Waals surface area contributed by atoms with Crippen molar-refractivity contribution in [2.24, 2.45) is 0 Å². The van der Waals surface area contributed by atoms with Gasteiger partial charge in [0.25, 0.3) is 0 Å². The van der Waals surface area contributed by atoms with Crippen LogP contribution in [0.2, 0.25) is 0 Å². The van der Waals surface area contributed by atoms with E-state index in [0.29, 0.717) is 37.7 Å².